The number of hydrogen-bond acceptors (Lipinski definition) is 4. The summed E-state index contributed by atoms with van der Waals surface area (Å²) in [5.74, 6) is -1.30. The number of halogens is 2. The number of urea groups is 1. The summed E-state index contributed by atoms with van der Waals surface area (Å²) in [5, 5.41) is 5.31. The van der Waals surface area contributed by atoms with Crippen LogP contribution in [-0.2, 0) is 0 Å². The van der Waals surface area contributed by atoms with Crippen LogP contribution in [0.3, 0.4) is 0 Å². The number of amides is 3. The zero-order valence-electron chi connectivity index (χ0n) is 15.4. The summed E-state index contributed by atoms with van der Waals surface area (Å²) >= 11 is 0. The second-order valence-corrected chi connectivity index (χ2v) is 6.29. The first-order valence-corrected chi connectivity index (χ1v) is 8.98. The molecule has 2 heterocycles. The van der Waals surface area contributed by atoms with Crippen LogP contribution < -0.4 is 15.5 Å². The van der Waals surface area contributed by atoms with Crippen LogP contribution in [0.5, 0.6) is 0 Å². The smallest absolute Gasteiger partial charge is 0.319 e. The van der Waals surface area contributed by atoms with Gasteiger partial charge < -0.3 is 20.4 Å². The third-order valence-corrected chi connectivity index (χ3v) is 4.40. The Kier molecular flexibility index (Phi) is 6.03. The van der Waals surface area contributed by atoms with Gasteiger partial charge in [-0.1, -0.05) is 0 Å². The largest absolute Gasteiger partial charge is 0.353 e. The third kappa shape index (κ3) is 4.54. The van der Waals surface area contributed by atoms with Crippen molar-refractivity contribution in [3.05, 3.63) is 53.7 Å². The first-order chi connectivity index (χ1) is 13.5. The molecule has 28 heavy (non-hydrogen) atoms. The summed E-state index contributed by atoms with van der Waals surface area (Å²) in [4.78, 5) is 31.9. The van der Waals surface area contributed by atoms with E-state index in [0.29, 0.717) is 44.5 Å². The van der Waals surface area contributed by atoms with Gasteiger partial charge in [0.2, 0.25) is 0 Å². The lowest BCUT2D eigenvalue weighted by Gasteiger charge is -2.35. The second-order valence-electron chi connectivity index (χ2n) is 6.29. The van der Waals surface area contributed by atoms with E-state index >= 15 is 0 Å². The van der Waals surface area contributed by atoms with Crippen LogP contribution in [-0.4, -0.2) is 54.5 Å². The average molecular weight is 389 g/mol. The Labute approximate surface area is 161 Å². The van der Waals surface area contributed by atoms with Gasteiger partial charge in [0.05, 0.1) is 17.4 Å². The van der Waals surface area contributed by atoms with Gasteiger partial charge >= 0.3 is 6.03 Å². The Balaban J connectivity index is 1.57. The van der Waals surface area contributed by atoms with E-state index in [2.05, 4.69) is 15.6 Å². The Morgan fingerprint density at radius 2 is 1.86 bits per heavy atom. The van der Waals surface area contributed by atoms with E-state index in [0.717, 1.165) is 11.9 Å². The maximum Gasteiger partial charge on any atom is 0.319 e. The molecule has 1 aromatic carbocycles. The number of hydrogen-bond donors (Lipinski definition) is 2. The van der Waals surface area contributed by atoms with Crippen LogP contribution in [0, 0.1) is 11.6 Å². The van der Waals surface area contributed by atoms with Gasteiger partial charge in [-0.15, -0.1) is 0 Å². The van der Waals surface area contributed by atoms with Crippen LogP contribution in [0.1, 0.15) is 17.3 Å². The van der Waals surface area contributed by atoms with Gasteiger partial charge in [0, 0.05) is 38.8 Å². The highest BCUT2D eigenvalue weighted by Crippen LogP contribution is 2.18. The van der Waals surface area contributed by atoms with Gasteiger partial charge in [0.25, 0.3) is 5.91 Å². The van der Waals surface area contributed by atoms with Gasteiger partial charge in [0.15, 0.2) is 0 Å². The minimum Gasteiger partial charge on any atom is -0.353 e. The second kappa shape index (κ2) is 8.64. The zero-order valence-corrected chi connectivity index (χ0v) is 15.4. The van der Waals surface area contributed by atoms with Crippen molar-refractivity contribution in [2.24, 2.45) is 0 Å². The van der Waals surface area contributed by atoms with Crippen molar-refractivity contribution in [3.63, 3.8) is 0 Å². The molecule has 1 aromatic heterocycles. The molecule has 1 saturated heterocycles. The minimum absolute atomic E-state index is 0.131. The molecule has 0 unspecified atom stereocenters. The van der Waals surface area contributed by atoms with Gasteiger partial charge in [0.1, 0.15) is 17.5 Å². The molecule has 2 N–H and O–H groups in total. The first kappa shape index (κ1) is 19.5. The Morgan fingerprint density at radius 3 is 2.46 bits per heavy atom. The molecule has 1 fully saturated rings. The number of pyridine rings is 1. The van der Waals surface area contributed by atoms with Crippen molar-refractivity contribution in [3.8, 4) is 0 Å². The number of nitrogens with one attached hydrogen (secondary N) is 2. The lowest BCUT2D eigenvalue weighted by atomic mass is 10.1. The molecule has 0 saturated carbocycles. The Hall–Kier alpha value is -3.23. The van der Waals surface area contributed by atoms with E-state index in [-0.39, 0.29) is 11.6 Å². The minimum atomic E-state index is -0.857. The summed E-state index contributed by atoms with van der Waals surface area (Å²) < 4.78 is 26.9. The van der Waals surface area contributed by atoms with Crippen molar-refractivity contribution in [2.75, 3.05) is 42.9 Å². The summed E-state index contributed by atoms with van der Waals surface area (Å²) in [6, 6.07) is 6.21. The third-order valence-electron chi connectivity index (χ3n) is 4.40. The van der Waals surface area contributed by atoms with Gasteiger partial charge in [-0.05, 0) is 31.2 Å². The molecular weight excluding hydrogens is 368 g/mol. The quantitative estimate of drug-likeness (QED) is 0.842. The molecule has 0 atom stereocenters. The number of carbonyl (C=O) groups is 2. The lowest BCUT2D eigenvalue weighted by molar-refractivity contribution is 0.0741. The molecule has 148 valence electrons. The standard InChI is InChI=1S/C19H21F2N5O2/c1-2-22-19(28)24-14-4-6-17(23-12-14)25-7-9-26(10-8-25)18(27)15-5-3-13(20)11-16(15)21/h3-6,11-12H,2,7-10H2,1H3,(H2,22,24,28). The molecule has 0 spiro atoms. The predicted octanol–water partition coefficient (Wildman–Crippen LogP) is 2.46. The molecule has 0 radical (unpaired) electrons. The number of piperazine rings is 1. The van der Waals surface area contributed by atoms with E-state index in [1.807, 2.05) is 11.8 Å². The van der Waals surface area contributed by atoms with Crippen LogP contribution in [0.15, 0.2) is 36.5 Å². The fourth-order valence-corrected chi connectivity index (χ4v) is 2.95. The van der Waals surface area contributed by atoms with Gasteiger partial charge in [-0.25, -0.2) is 18.6 Å². The maximum atomic E-state index is 13.8. The molecule has 0 aliphatic carbocycles. The van der Waals surface area contributed by atoms with Crippen LogP contribution in [0.25, 0.3) is 0 Å². The predicted molar refractivity (Wildman–Crippen MR) is 101 cm³/mol. The maximum absolute atomic E-state index is 13.8. The SMILES string of the molecule is CCNC(=O)Nc1ccc(N2CCN(C(=O)c3ccc(F)cc3F)CC2)nc1. The van der Waals surface area contributed by atoms with Crippen molar-refractivity contribution in [2.45, 2.75) is 6.92 Å². The molecule has 3 rings (SSSR count). The van der Waals surface area contributed by atoms with Gasteiger partial charge in [-0.2, -0.15) is 0 Å². The normalized spacial score (nSPS) is 14.0. The molecule has 7 nitrogen and oxygen atoms in total. The summed E-state index contributed by atoms with van der Waals surface area (Å²) in [7, 11) is 0. The van der Waals surface area contributed by atoms with E-state index in [9.17, 15) is 18.4 Å². The number of anilines is 2. The Morgan fingerprint density at radius 1 is 1.11 bits per heavy atom. The molecule has 2 aromatic rings. The van der Waals surface area contributed by atoms with Crippen LogP contribution in [0.2, 0.25) is 0 Å². The fourth-order valence-electron chi connectivity index (χ4n) is 2.95. The number of aromatic nitrogens is 1. The topological polar surface area (TPSA) is 77.6 Å². The molecule has 1 aliphatic rings. The van der Waals surface area contributed by atoms with E-state index in [1.54, 1.807) is 18.3 Å². The lowest BCUT2D eigenvalue weighted by Crippen LogP contribution is -2.49. The fraction of sp³-hybridized carbons (Fsp3) is 0.316. The van der Waals surface area contributed by atoms with Crippen molar-refractivity contribution in [1.29, 1.82) is 0 Å². The highest BCUT2D eigenvalue weighted by atomic mass is 19.1. The first-order valence-electron chi connectivity index (χ1n) is 8.98. The van der Waals surface area contributed by atoms with Crippen LogP contribution in [0.4, 0.5) is 25.1 Å². The van der Waals surface area contributed by atoms with Crippen molar-refractivity contribution >= 4 is 23.4 Å². The number of carbonyl (C=O) groups excluding carboxylic acids is 2. The molecular formula is C19H21F2N5O2. The van der Waals surface area contributed by atoms with E-state index in [4.69, 9.17) is 0 Å². The Bertz CT molecular complexity index is 852. The molecule has 1 aliphatic heterocycles. The number of rotatable bonds is 4. The number of nitrogens with zero attached hydrogens (tertiary/aromatic N) is 3. The van der Waals surface area contributed by atoms with Crippen molar-refractivity contribution in [1.82, 2.24) is 15.2 Å². The van der Waals surface area contributed by atoms with Gasteiger partial charge in [-0.3, -0.25) is 4.79 Å². The summed E-state index contributed by atoms with van der Waals surface area (Å²) in [6.07, 6.45) is 1.57. The number of benzene rings is 1. The van der Waals surface area contributed by atoms with Crippen LogP contribution >= 0.6 is 0 Å². The highest BCUT2D eigenvalue weighted by molar-refractivity contribution is 5.94. The van der Waals surface area contributed by atoms with Crippen molar-refractivity contribution < 1.29 is 18.4 Å². The average Bonchev–Trinajstić information content (AvgIpc) is 2.68. The monoisotopic (exact) mass is 389 g/mol. The molecule has 9 heteroatoms. The molecule has 0 bridgehead atoms. The van der Waals surface area contributed by atoms with E-state index in [1.165, 1.54) is 11.0 Å². The summed E-state index contributed by atoms with van der Waals surface area (Å²) in [5.41, 5.74) is 0.448. The zero-order chi connectivity index (χ0) is 20.1. The molecule has 3 amide bonds. The summed E-state index contributed by atoms with van der Waals surface area (Å²) in [6.45, 7) is 4.22. The highest BCUT2D eigenvalue weighted by Gasteiger charge is 2.24. The van der Waals surface area contributed by atoms with E-state index < -0.39 is 17.5 Å².